The van der Waals surface area contributed by atoms with E-state index in [9.17, 15) is 19.2 Å². The van der Waals surface area contributed by atoms with Crippen LogP contribution in [0.5, 0.6) is 0 Å². The molecule has 2 fully saturated rings. The largest absolute Gasteiger partial charge is 0.444 e. The molecule has 2 aromatic heterocycles. The van der Waals surface area contributed by atoms with Crippen LogP contribution in [0.4, 0.5) is 15.3 Å². The average molecular weight is 636 g/mol. The lowest BCUT2D eigenvalue weighted by Gasteiger charge is -2.31. The first kappa shape index (κ1) is 30.7. The van der Waals surface area contributed by atoms with Crippen molar-refractivity contribution in [2.45, 2.75) is 64.1 Å². The second-order valence-corrected chi connectivity index (χ2v) is 13.5. The molecule has 238 valence electrons. The van der Waals surface area contributed by atoms with Crippen molar-refractivity contribution in [1.82, 2.24) is 31.3 Å². The molecular weight excluding hydrogens is 598 g/mol. The van der Waals surface area contributed by atoms with Crippen LogP contribution in [0.25, 0.3) is 21.8 Å². The third-order valence-corrected chi connectivity index (χ3v) is 8.96. The Kier molecular flexibility index (Phi) is 8.62. The minimum absolute atomic E-state index is 0.0816. The van der Waals surface area contributed by atoms with Gasteiger partial charge in [-0.25, -0.2) is 14.6 Å². The summed E-state index contributed by atoms with van der Waals surface area (Å²) < 4.78 is 10.7. The highest BCUT2D eigenvalue weighted by molar-refractivity contribution is 7.17. The zero-order valence-electron chi connectivity index (χ0n) is 25.5. The number of amides is 4. The lowest BCUT2D eigenvalue weighted by Crippen LogP contribution is -2.49. The molecule has 0 spiro atoms. The second-order valence-electron chi connectivity index (χ2n) is 12.4. The number of hydrogen-bond donors (Lipinski definition) is 5. The van der Waals surface area contributed by atoms with E-state index in [-0.39, 0.29) is 23.8 Å². The monoisotopic (exact) mass is 635 g/mol. The fraction of sp³-hybridized carbons (Fsp3) is 0.452. The number of aromatic nitrogens is 2. The molecule has 3 heterocycles. The fourth-order valence-corrected chi connectivity index (χ4v) is 6.81. The van der Waals surface area contributed by atoms with Gasteiger partial charge in [0.2, 0.25) is 0 Å². The summed E-state index contributed by atoms with van der Waals surface area (Å²) in [6, 6.07) is 8.19. The number of urea groups is 1. The Labute approximate surface area is 264 Å². The van der Waals surface area contributed by atoms with E-state index in [2.05, 4.69) is 31.6 Å². The maximum atomic E-state index is 13.8. The number of nitrogens with one attached hydrogen (secondary N) is 5. The zero-order chi connectivity index (χ0) is 31.7. The van der Waals surface area contributed by atoms with Gasteiger partial charge in [0, 0.05) is 30.7 Å². The number of ketones is 1. The molecule has 1 saturated heterocycles. The Balaban J connectivity index is 1.11. The second kappa shape index (κ2) is 12.6. The number of thiophene rings is 1. The Morgan fingerprint density at radius 2 is 1.80 bits per heavy atom. The molecular formula is C31H37N7O6S. The Bertz CT molecular complexity index is 1620. The van der Waals surface area contributed by atoms with Gasteiger partial charge in [0.1, 0.15) is 11.3 Å². The summed E-state index contributed by atoms with van der Waals surface area (Å²) in [5, 5.41) is 18.0. The third-order valence-electron chi connectivity index (χ3n) is 7.87. The highest BCUT2D eigenvalue weighted by Crippen LogP contribution is 2.44. The molecule has 6 rings (SSSR count). The third kappa shape index (κ3) is 6.87. The van der Waals surface area contributed by atoms with Crippen LogP contribution >= 0.6 is 11.3 Å². The quantitative estimate of drug-likeness (QED) is 0.209. The number of ether oxygens (including phenoxy) is 2. The van der Waals surface area contributed by atoms with E-state index >= 15 is 0 Å². The molecule has 1 saturated carbocycles. The molecule has 0 bridgehead atoms. The van der Waals surface area contributed by atoms with E-state index < -0.39 is 17.7 Å². The normalized spacial score (nSPS) is 19.8. The summed E-state index contributed by atoms with van der Waals surface area (Å²) in [5.74, 6) is -0.468. The SMILES string of the molecule is CC(C)(C)OC(=O)NC1CCCC(NC(=O)c2ccc(-c3n[nH]c4c3C(=O)c3c(NC(=O)NN5CCOCC5)cccc3-4)s2)C1. The molecule has 5 N–H and O–H groups in total. The van der Waals surface area contributed by atoms with Crippen molar-refractivity contribution in [2.24, 2.45) is 0 Å². The van der Waals surface area contributed by atoms with E-state index in [0.717, 1.165) is 19.3 Å². The van der Waals surface area contributed by atoms with Crippen molar-refractivity contribution in [2.75, 3.05) is 31.6 Å². The van der Waals surface area contributed by atoms with Crippen LogP contribution in [0.3, 0.4) is 0 Å². The van der Waals surface area contributed by atoms with Crippen LogP contribution in [0, 0.1) is 0 Å². The molecule has 3 aliphatic rings. The first-order chi connectivity index (χ1) is 21.6. The molecule has 1 aromatic carbocycles. The number of fused-ring (bicyclic) bond motifs is 3. The number of rotatable bonds is 6. The highest BCUT2D eigenvalue weighted by atomic mass is 32.1. The van der Waals surface area contributed by atoms with Gasteiger partial charge in [-0.15, -0.1) is 11.3 Å². The summed E-state index contributed by atoms with van der Waals surface area (Å²) in [4.78, 5) is 53.1. The number of anilines is 1. The lowest BCUT2D eigenvalue weighted by atomic mass is 9.91. The number of alkyl carbamates (subject to hydrolysis) is 1. The highest BCUT2D eigenvalue weighted by Gasteiger charge is 2.36. The summed E-state index contributed by atoms with van der Waals surface area (Å²) in [6.45, 7) is 7.68. The predicted octanol–water partition coefficient (Wildman–Crippen LogP) is 4.28. The predicted molar refractivity (Wildman–Crippen MR) is 168 cm³/mol. The number of benzene rings is 1. The molecule has 14 heteroatoms. The van der Waals surface area contributed by atoms with Gasteiger partial charge in [-0.2, -0.15) is 5.10 Å². The van der Waals surface area contributed by atoms with E-state index in [1.807, 2.05) is 26.8 Å². The van der Waals surface area contributed by atoms with Crippen LogP contribution in [-0.2, 0) is 9.47 Å². The number of morpholine rings is 1. The van der Waals surface area contributed by atoms with Crippen molar-refractivity contribution in [1.29, 1.82) is 0 Å². The number of hydrogen-bond acceptors (Lipinski definition) is 9. The van der Waals surface area contributed by atoms with Crippen LogP contribution in [0.1, 0.15) is 72.0 Å². The molecule has 13 nitrogen and oxygen atoms in total. The maximum Gasteiger partial charge on any atom is 0.407 e. The van der Waals surface area contributed by atoms with Crippen LogP contribution in [0.15, 0.2) is 30.3 Å². The van der Waals surface area contributed by atoms with Gasteiger partial charge in [-0.3, -0.25) is 20.1 Å². The van der Waals surface area contributed by atoms with Crippen LogP contribution < -0.4 is 21.4 Å². The topological polar surface area (TPSA) is 167 Å². The number of nitrogens with zero attached hydrogens (tertiary/aromatic N) is 2. The van der Waals surface area contributed by atoms with Gasteiger partial charge in [0.25, 0.3) is 5.91 Å². The minimum Gasteiger partial charge on any atom is -0.444 e. The summed E-state index contributed by atoms with van der Waals surface area (Å²) in [5.41, 5.74) is 5.10. The Morgan fingerprint density at radius 1 is 1.04 bits per heavy atom. The number of carbonyl (C=O) groups excluding carboxylic acids is 4. The first-order valence-corrected chi connectivity index (χ1v) is 15.9. The molecule has 2 unspecified atom stereocenters. The van der Waals surface area contributed by atoms with Crippen molar-refractivity contribution in [3.8, 4) is 21.8 Å². The smallest absolute Gasteiger partial charge is 0.407 e. The number of carbonyl (C=O) groups is 4. The standard InChI is InChI=1S/C31H37N7O6S/c1-31(2,3)44-30(42)33-18-7-4-6-17(16-18)32-28(40)22-11-10-21(45-22)26-24-25(35-36-26)19-8-5-9-20(23(19)27(24)39)34-29(41)37-38-12-14-43-15-13-38/h5,8-11,17-18H,4,6-7,12-16H2,1-3H3,(H,32,40)(H,33,42)(H,35,36)(H2,34,37,41). The maximum absolute atomic E-state index is 13.8. The zero-order valence-corrected chi connectivity index (χ0v) is 26.3. The van der Waals surface area contributed by atoms with Gasteiger partial charge in [-0.1, -0.05) is 12.1 Å². The van der Waals surface area contributed by atoms with E-state index in [1.54, 1.807) is 29.3 Å². The molecule has 4 amide bonds. The van der Waals surface area contributed by atoms with Crippen LogP contribution in [0.2, 0.25) is 0 Å². The van der Waals surface area contributed by atoms with E-state index in [0.29, 0.717) is 76.2 Å². The molecule has 45 heavy (non-hydrogen) atoms. The average Bonchev–Trinajstić information content (AvgIpc) is 3.70. The van der Waals surface area contributed by atoms with Gasteiger partial charge in [-0.05, 0) is 64.7 Å². The van der Waals surface area contributed by atoms with E-state index in [4.69, 9.17) is 9.47 Å². The first-order valence-electron chi connectivity index (χ1n) is 15.1. The summed E-state index contributed by atoms with van der Waals surface area (Å²) in [7, 11) is 0. The van der Waals surface area contributed by atoms with Crippen molar-refractivity contribution >= 4 is 40.8 Å². The minimum atomic E-state index is -0.579. The van der Waals surface area contributed by atoms with Crippen LogP contribution in [-0.4, -0.2) is 83.0 Å². The summed E-state index contributed by atoms with van der Waals surface area (Å²) >= 11 is 1.25. The lowest BCUT2D eigenvalue weighted by molar-refractivity contribution is 0.0207. The molecule has 3 aromatic rings. The Morgan fingerprint density at radius 3 is 2.56 bits per heavy atom. The van der Waals surface area contributed by atoms with Gasteiger partial charge in [0.05, 0.1) is 45.5 Å². The van der Waals surface area contributed by atoms with Crippen molar-refractivity contribution < 1.29 is 28.7 Å². The van der Waals surface area contributed by atoms with Gasteiger partial charge in [0.15, 0.2) is 5.78 Å². The van der Waals surface area contributed by atoms with Crippen molar-refractivity contribution in [3.63, 3.8) is 0 Å². The van der Waals surface area contributed by atoms with Gasteiger partial charge < -0.3 is 25.4 Å². The fourth-order valence-electron chi connectivity index (χ4n) is 5.91. The van der Waals surface area contributed by atoms with Gasteiger partial charge >= 0.3 is 12.1 Å². The van der Waals surface area contributed by atoms with E-state index in [1.165, 1.54) is 11.3 Å². The summed E-state index contributed by atoms with van der Waals surface area (Å²) in [6.07, 6.45) is 2.67. The number of aromatic amines is 1. The molecule has 0 radical (unpaired) electrons. The molecule has 2 aliphatic carbocycles. The number of H-pyrrole nitrogens is 1. The Hall–Kier alpha value is -4.27. The molecule has 1 aliphatic heterocycles. The number of hydrazine groups is 1. The van der Waals surface area contributed by atoms with Crippen molar-refractivity contribution in [3.05, 3.63) is 46.3 Å². The molecule has 2 atom stereocenters.